The molecule has 150 valence electrons. The maximum atomic E-state index is 11.5. The number of carbonyl (C=O) groups excluding carboxylic acids is 1. The molecule has 1 aliphatic rings. The Morgan fingerprint density at radius 2 is 2.25 bits per heavy atom. The average molecular weight is 407 g/mol. The predicted octanol–water partition coefficient (Wildman–Crippen LogP) is 3.46. The van der Waals surface area contributed by atoms with Crippen molar-refractivity contribution in [3.8, 4) is 5.75 Å². The van der Waals surface area contributed by atoms with E-state index < -0.39 is 18.5 Å². The molecule has 5 nitrogen and oxygen atoms in total. The molecule has 0 saturated heterocycles. The predicted molar refractivity (Wildman–Crippen MR) is 109 cm³/mol. The van der Waals surface area contributed by atoms with Crippen LogP contribution in [0, 0.1) is 0 Å². The lowest BCUT2D eigenvalue weighted by Gasteiger charge is -2.27. The number of esters is 1. The lowest BCUT2D eigenvalue weighted by atomic mass is 9.88. The Morgan fingerprint density at radius 3 is 3.04 bits per heavy atom. The Labute approximate surface area is 174 Å². The number of fused-ring (bicyclic) bond motifs is 1. The van der Waals surface area contributed by atoms with Crippen LogP contribution in [0.3, 0.4) is 0 Å². The van der Waals surface area contributed by atoms with Crippen LogP contribution in [0.2, 0.25) is 5.02 Å². The van der Waals surface area contributed by atoms with Gasteiger partial charge in [-0.3, -0.25) is 0 Å². The highest BCUT2D eigenvalue weighted by Gasteiger charge is 2.20. The Morgan fingerprint density at radius 1 is 1.39 bits per heavy atom. The minimum atomic E-state index is -2.53. The van der Waals surface area contributed by atoms with Gasteiger partial charge in [0.05, 0.1) is 14.1 Å². The van der Waals surface area contributed by atoms with E-state index in [1.165, 1.54) is 12.1 Å². The number of hydrogen-bond donors (Lipinski definition) is 2. The van der Waals surface area contributed by atoms with Gasteiger partial charge in [0, 0.05) is 20.3 Å². The molecule has 0 unspecified atom stereocenters. The normalized spacial score (nSPS) is 20.1. The van der Waals surface area contributed by atoms with Crippen LogP contribution in [-0.2, 0) is 22.4 Å². The van der Waals surface area contributed by atoms with Crippen molar-refractivity contribution in [2.45, 2.75) is 38.3 Å². The van der Waals surface area contributed by atoms with Gasteiger partial charge >= 0.3 is 5.97 Å². The third kappa shape index (κ3) is 5.71. The second-order valence-corrected chi connectivity index (χ2v) is 7.03. The van der Waals surface area contributed by atoms with E-state index in [4.69, 9.17) is 25.2 Å². The van der Waals surface area contributed by atoms with Gasteiger partial charge in [-0.2, -0.15) is 0 Å². The van der Waals surface area contributed by atoms with Crippen molar-refractivity contribution in [3.05, 3.63) is 64.2 Å². The molecule has 2 N–H and O–H groups in total. The maximum absolute atomic E-state index is 11.5. The molecule has 0 aromatic heterocycles. The van der Waals surface area contributed by atoms with E-state index in [1.807, 2.05) is 12.1 Å². The Balaban J connectivity index is 1.69. The molecule has 1 aliphatic carbocycles. The number of aryl methyl sites for hydroxylation is 1. The summed E-state index contributed by atoms with van der Waals surface area (Å²) in [5, 5.41) is 13.8. The summed E-state index contributed by atoms with van der Waals surface area (Å²) in [6.45, 7) is -0.577. The fraction of sp³-hybridized carbons (Fsp3) is 0.409. The van der Waals surface area contributed by atoms with Crippen LogP contribution in [0.15, 0.2) is 42.5 Å². The number of nitrogens with one attached hydrogen (secondary N) is 1. The van der Waals surface area contributed by atoms with Crippen molar-refractivity contribution >= 4 is 17.6 Å². The van der Waals surface area contributed by atoms with Crippen LogP contribution >= 0.6 is 11.6 Å². The number of carbonyl (C=O) groups is 1. The molecule has 2 aromatic rings. The van der Waals surface area contributed by atoms with Crippen molar-refractivity contribution in [1.29, 1.82) is 0 Å². The first-order chi connectivity index (χ1) is 14.6. The lowest BCUT2D eigenvalue weighted by molar-refractivity contribution is -0.145. The van der Waals surface area contributed by atoms with Crippen LogP contribution in [0.4, 0.5) is 0 Å². The van der Waals surface area contributed by atoms with Gasteiger partial charge in [0.15, 0.2) is 6.61 Å². The molecule has 0 bridgehead atoms. The molecule has 2 aromatic carbocycles. The number of aliphatic hydroxyl groups is 1. The molecular weight excluding hydrogens is 378 g/mol. The summed E-state index contributed by atoms with van der Waals surface area (Å²) in [5.74, 6) is 0.0927. The van der Waals surface area contributed by atoms with Gasteiger partial charge in [-0.15, -0.1) is 0 Å². The van der Waals surface area contributed by atoms with Gasteiger partial charge in [0.25, 0.3) is 0 Å². The molecule has 0 spiro atoms. The SMILES string of the molecule is [2H]C([2H])(N[C@H]1CCc2ccc(OCC(=O)OCC)cc2C1)[C@@]([2H])(O)c1cccc(Cl)c1. The summed E-state index contributed by atoms with van der Waals surface area (Å²) in [7, 11) is 0. The largest absolute Gasteiger partial charge is 0.482 e. The molecule has 0 radical (unpaired) electrons. The van der Waals surface area contributed by atoms with Crippen molar-refractivity contribution in [1.82, 2.24) is 5.32 Å². The molecule has 0 heterocycles. The van der Waals surface area contributed by atoms with E-state index in [0.29, 0.717) is 30.2 Å². The number of rotatable bonds is 8. The minimum absolute atomic E-state index is 0.0726. The lowest BCUT2D eigenvalue weighted by Crippen LogP contribution is -2.37. The zero-order chi connectivity index (χ0) is 22.6. The Hall–Kier alpha value is -2.08. The van der Waals surface area contributed by atoms with Crippen molar-refractivity contribution < 1.29 is 23.5 Å². The average Bonchev–Trinajstić information content (AvgIpc) is 2.71. The van der Waals surface area contributed by atoms with Crippen molar-refractivity contribution in [2.75, 3.05) is 19.7 Å². The smallest absolute Gasteiger partial charge is 0.344 e. The first-order valence-corrected chi connectivity index (χ1v) is 9.66. The summed E-state index contributed by atoms with van der Waals surface area (Å²) >= 11 is 5.95. The third-order valence-electron chi connectivity index (χ3n) is 4.56. The van der Waals surface area contributed by atoms with Gasteiger partial charge in [0.2, 0.25) is 0 Å². The van der Waals surface area contributed by atoms with Crippen LogP contribution < -0.4 is 10.1 Å². The first-order valence-electron chi connectivity index (χ1n) is 10.8. The molecule has 28 heavy (non-hydrogen) atoms. The standard InChI is InChI=1S/C22H26ClNO4/c1-2-27-22(26)14-28-20-9-7-15-6-8-19(11-17(15)12-20)24-13-21(25)16-4-3-5-18(23)10-16/h3-5,7,9-10,12,19,21,24-25H,2,6,8,11,13-14H2,1H3/t19-,21+/m0/s1/i13D2,21D. The fourth-order valence-corrected chi connectivity index (χ4v) is 3.36. The molecule has 6 heteroatoms. The summed E-state index contributed by atoms with van der Waals surface area (Å²) in [6.07, 6.45) is -0.657. The Bertz CT molecular complexity index is 939. The van der Waals surface area contributed by atoms with Crippen LogP contribution in [0.1, 0.15) is 40.2 Å². The van der Waals surface area contributed by atoms with Gasteiger partial charge in [-0.1, -0.05) is 29.8 Å². The second kappa shape index (κ2) is 9.92. The van der Waals surface area contributed by atoms with Crippen LogP contribution in [0.5, 0.6) is 5.75 Å². The number of ether oxygens (including phenoxy) is 2. The Kier molecular flexibility index (Phi) is 5.96. The third-order valence-corrected chi connectivity index (χ3v) is 4.80. The fourth-order valence-electron chi connectivity index (χ4n) is 3.17. The van der Waals surface area contributed by atoms with Crippen molar-refractivity contribution in [2.24, 2.45) is 0 Å². The van der Waals surface area contributed by atoms with Gasteiger partial charge in [-0.05, 0) is 67.1 Å². The molecule has 0 aliphatic heterocycles. The monoisotopic (exact) mass is 406 g/mol. The summed E-state index contributed by atoms with van der Waals surface area (Å²) < 4.78 is 35.3. The quantitative estimate of drug-likeness (QED) is 0.657. The molecule has 0 fully saturated rings. The van der Waals surface area contributed by atoms with Gasteiger partial charge < -0.3 is 19.9 Å². The van der Waals surface area contributed by atoms with E-state index >= 15 is 0 Å². The molecule has 0 amide bonds. The number of halogens is 1. The van der Waals surface area contributed by atoms with Crippen LogP contribution in [-0.4, -0.2) is 36.8 Å². The highest BCUT2D eigenvalue weighted by Crippen LogP contribution is 2.26. The van der Waals surface area contributed by atoms with E-state index in [9.17, 15) is 9.90 Å². The topological polar surface area (TPSA) is 67.8 Å². The first kappa shape index (κ1) is 16.8. The highest BCUT2D eigenvalue weighted by atomic mass is 35.5. The number of hydrogen-bond acceptors (Lipinski definition) is 5. The van der Waals surface area contributed by atoms with E-state index in [1.54, 1.807) is 25.1 Å². The maximum Gasteiger partial charge on any atom is 0.344 e. The van der Waals surface area contributed by atoms with E-state index in [0.717, 1.165) is 17.5 Å². The summed E-state index contributed by atoms with van der Waals surface area (Å²) in [6, 6.07) is 11.3. The minimum Gasteiger partial charge on any atom is -0.482 e. The van der Waals surface area contributed by atoms with E-state index in [2.05, 4.69) is 5.32 Å². The van der Waals surface area contributed by atoms with Crippen LogP contribution in [0.25, 0.3) is 0 Å². The molecule has 0 saturated carbocycles. The highest BCUT2D eigenvalue weighted by molar-refractivity contribution is 6.30. The van der Waals surface area contributed by atoms with Crippen molar-refractivity contribution in [3.63, 3.8) is 0 Å². The zero-order valence-corrected chi connectivity index (χ0v) is 16.5. The van der Waals surface area contributed by atoms with Gasteiger partial charge in [-0.25, -0.2) is 4.79 Å². The molecular formula is C22H26ClNO4. The zero-order valence-electron chi connectivity index (χ0n) is 18.7. The van der Waals surface area contributed by atoms with Gasteiger partial charge in [0.1, 0.15) is 5.75 Å². The summed E-state index contributed by atoms with van der Waals surface area (Å²) in [5.41, 5.74) is 2.17. The number of benzene rings is 2. The summed E-state index contributed by atoms with van der Waals surface area (Å²) in [4.78, 5) is 11.5. The van der Waals surface area contributed by atoms with E-state index in [-0.39, 0.29) is 18.2 Å². The molecule has 2 atom stereocenters. The second-order valence-electron chi connectivity index (χ2n) is 6.59. The molecule has 3 rings (SSSR count).